The van der Waals surface area contributed by atoms with Crippen LogP contribution in [0.3, 0.4) is 0 Å². The lowest BCUT2D eigenvalue weighted by molar-refractivity contribution is 0.209. The van der Waals surface area contributed by atoms with Crippen molar-refractivity contribution in [3.63, 3.8) is 0 Å². The van der Waals surface area contributed by atoms with E-state index in [0.29, 0.717) is 16.8 Å². The second-order valence-corrected chi connectivity index (χ2v) is 7.57. The Bertz CT molecular complexity index is 463. The number of unbranched alkanes of at least 4 members (excludes halogenated alkanes) is 1. The van der Waals surface area contributed by atoms with Gasteiger partial charge in [0.1, 0.15) is 0 Å². The van der Waals surface area contributed by atoms with Crippen molar-refractivity contribution >= 4 is 22.1 Å². The highest BCUT2D eigenvalue weighted by Crippen LogP contribution is 2.11. The van der Waals surface area contributed by atoms with Gasteiger partial charge in [-0.05, 0) is 26.2 Å². The van der Waals surface area contributed by atoms with Crippen LogP contribution >= 0.6 is 0 Å². The molecule has 0 heterocycles. The Labute approximate surface area is 133 Å². The minimum atomic E-state index is -3.72. The van der Waals surface area contributed by atoms with E-state index in [1.165, 1.54) is 0 Å². The van der Waals surface area contributed by atoms with Crippen LogP contribution in [0, 0.1) is 5.92 Å². The third-order valence-corrected chi connectivity index (χ3v) is 4.64. The van der Waals surface area contributed by atoms with Gasteiger partial charge in [0.15, 0.2) is 0 Å². The Morgan fingerprint density at radius 1 is 1.18 bits per heavy atom. The number of hydrogen-bond donors (Lipinski definition) is 2. The molecule has 0 aromatic heterocycles. The number of nitrogens with one attached hydrogen (secondary N) is 2. The molecule has 0 aromatic rings. The van der Waals surface area contributed by atoms with Crippen LogP contribution in [0.15, 0.2) is 0 Å². The number of carbonyl (C=O) groups is 2. The topological polar surface area (TPSA) is 95.6 Å². The Morgan fingerprint density at radius 2 is 1.77 bits per heavy atom. The smallest absolute Gasteiger partial charge is 0.337 e. The van der Waals surface area contributed by atoms with Crippen molar-refractivity contribution in [3.8, 4) is 0 Å². The summed E-state index contributed by atoms with van der Waals surface area (Å²) in [4.78, 5) is 23.6. The molecule has 130 valence electrons. The van der Waals surface area contributed by atoms with Gasteiger partial charge in [-0.15, -0.1) is 0 Å². The van der Waals surface area contributed by atoms with Gasteiger partial charge in [0.05, 0.1) is 6.26 Å². The van der Waals surface area contributed by atoms with E-state index < -0.39 is 28.1 Å². The lowest BCUT2D eigenvalue weighted by atomic mass is 9.99. The van der Waals surface area contributed by atoms with Crippen LogP contribution in [0.25, 0.3) is 0 Å². The zero-order valence-electron chi connectivity index (χ0n) is 14.2. The quantitative estimate of drug-likeness (QED) is 0.711. The predicted molar refractivity (Wildman–Crippen MR) is 87.1 cm³/mol. The van der Waals surface area contributed by atoms with E-state index in [1.54, 1.807) is 13.8 Å². The Morgan fingerprint density at radius 3 is 2.18 bits per heavy atom. The molecule has 22 heavy (non-hydrogen) atoms. The second-order valence-electron chi connectivity index (χ2n) is 5.71. The summed E-state index contributed by atoms with van der Waals surface area (Å²) in [6.45, 7) is 7.76. The van der Waals surface area contributed by atoms with Crippen molar-refractivity contribution in [1.82, 2.24) is 14.9 Å². The zero-order chi connectivity index (χ0) is 17.3. The molecule has 7 nitrogen and oxygen atoms in total. The molecule has 0 aliphatic heterocycles. The van der Waals surface area contributed by atoms with Gasteiger partial charge in [0.2, 0.25) is 10.0 Å². The normalized spacial score (nSPS) is 12.8. The molecule has 0 saturated heterocycles. The molecule has 0 saturated carbocycles. The van der Waals surface area contributed by atoms with E-state index in [4.69, 9.17) is 0 Å². The fraction of sp³-hybridized carbons (Fsp3) is 0.857. The van der Waals surface area contributed by atoms with Crippen molar-refractivity contribution in [2.24, 2.45) is 5.92 Å². The number of amides is 4. The van der Waals surface area contributed by atoms with Gasteiger partial charge in [0, 0.05) is 12.6 Å². The number of hydrogen-bond acceptors (Lipinski definition) is 4. The highest BCUT2D eigenvalue weighted by atomic mass is 32.2. The predicted octanol–water partition coefficient (Wildman–Crippen LogP) is 2.29. The van der Waals surface area contributed by atoms with Crippen LogP contribution in [0.5, 0.6) is 0 Å². The van der Waals surface area contributed by atoms with Gasteiger partial charge in [-0.25, -0.2) is 22.3 Å². The molecular weight excluding hydrogens is 306 g/mol. The summed E-state index contributed by atoms with van der Waals surface area (Å²) in [7, 11) is -3.72. The third kappa shape index (κ3) is 7.63. The van der Waals surface area contributed by atoms with E-state index in [1.807, 2.05) is 0 Å². The lowest BCUT2D eigenvalue weighted by Gasteiger charge is -2.24. The van der Waals surface area contributed by atoms with Crippen LogP contribution in [-0.4, -0.2) is 43.6 Å². The molecule has 0 bridgehead atoms. The van der Waals surface area contributed by atoms with Gasteiger partial charge in [0.25, 0.3) is 0 Å². The number of carbonyl (C=O) groups excluding carboxylic acids is 2. The largest absolute Gasteiger partial charge is 0.339 e. The third-order valence-electron chi connectivity index (χ3n) is 3.34. The first-order valence-corrected chi connectivity index (χ1v) is 9.56. The summed E-state index contributed by atoms with van der Waals surface area (Å²) in [5, 5.41) is 4.69. The van der Waals surface area contributed by atoms with Gasteiger partial charge >= 0.3 is 12.1 Å². The van der Waals surface area contributed by atoms with Crippen molar-refractivity contribution in [3.05, 3.63) is 0 Å². The maximum Gasteiger partial charge on any atom is 0.339 e. The molecule has 2 N–H and O–H groups in total. The molecule has 0 rings (SSSR count). The Hall–Kier alpha value is -1.31. The van der Waals surface area contributed by atoms with Crippen molar-refractivity contribution < 1.29 is 18.0 Å². The molecule has 0 aliphatic rings. The standard InChI is InChI=1S/C14H29N3O4S/c1-6-8-9-12(7-2)10-15-13(18)16-14(19)17(11(3)4)22(5,20)21/h11-12H,6-10H2,1-5H3,(H2,15,16,18,19)/t12-/m0/s1. The minimum absolute atomic E-state index is 0.358. The molecule has 1 atom stereocenters. The van der Waals surface area contributed by atoms with E-state index in [-0.39, 0.29) is 0 Å². The van der Waals surface area contributed by atoms with Gasteiger partial charge in [-0.2, -0.15) is 0 Å². The summed E-state index contributed by atoms with van der Waals surface area (Å²) in [5.74, 6) is 0.358. The molecular formula is C14H29N3O4S. The van der Waals surface area contributed by atoms with Crippen LogP contribution in [-0.2, 0) is 10.0 Å². The number of nitrogens with zero attached hydrogens (tertiary/aromatic N) is 1. The molecule has 4 amide bonds. The first-order valence-electron chi connectivity index (χ1n) is 7.71. The number of rotatable bonds is 8. The zero-order valence-corrected chi connectivity index (χ0v) is 15.0. The highest BCUT2D eigenvalue weighted by molar-refractivity contribution is 7.88. The van der Waals surface area contributed by atoms with Gasteiger partial charge in [-0.3, -0.25) is 5.32 Å². The van der Waals surface area contributed by atoms with Crippen molar-refractivity contribution in [2.45, 2.75) is 59.4 Å². The SMILES string of the molecule is CCCC[C@H](CC)CNC(=O)NC(=O)N(C(C)C)S(C)(=O)=O. The second kappa shape index (κ2) is 9.66. The molecule has 0 radical (unpaired) electrons. The average Bonchev–Trinajstić information content (AvgIpc) is 2.36. The van der Waals surface area contributed by atoms with Gasteiger partial charge in [-0.1, -0.05) is 33.1 Å². The van der Waals surface area contributed by atoms with E-state index in [9.17, 15) is 18.0 Å². The maximum atomic E-state index is 11.9. The number of urea groups is 2. The first-order chi connectivity index (χ1) is 10.1. The summed E-state index contributed by atoms with van der Waals surface area (Å²) in [6, 6.07) is -2.17. The van der Waals surface area contributed by atoms with E-state index in [2.05, 4.69) is 24.5 Å². The Balaban J connectivity index is 4.49. The van der Waals surface area contributed by atoms with Crippen LogP contribution in [0.4, 0.5) is 9.59 Å². The van der Waals surface area contributed by atoms with E-state index >= 15 is 0 Å². The van der Waals surface area contributed by atoms with Crippen LogP contribution in [0.2, 0.25) is 0 Å². The summed E-state index contributed by atoms with van der Waals surface area (Å²) < 4.78 is 23.8. The number of sulfonamides is 1. The molecule has 0 unspecified atom stereocenters. The fourth-order valence-electron chi connectivity index (χ4n) is 2.14. The van der Waals surface area contributed by atoms with Crippen LogP contribution < -0.4 is 10.6 Å². The molecule has 0 spiro atoms. The van der Waals surface area contributed by atoms with Crippen LogP contribution in [0.1, 0.15) is 53.4 Å². The van der Waals surface area contributed by atoms with Crippen molar-refractivity contribution in [1.29, 1.82) is 0 Å². The number of imide groups is 1. The fourth-order valence-corrected chi connectivity index (χ4v) is 3.26. The molecule has 0 aromatic carbocycles. The monoisotopic (exact) mass is 335 g/mol. The summed E-state index contributed by atoms with van der Waals surface area (Å²) >= 11 is 0. The molecule has 0 fully saturated rings. The molecule has 0 aliphatic carbocycles. The summed E-state index contributed by atoms with van der Waals surface area (Å²) in [5.41, 5.74) is 0. The highest BCUT2D eigenvalue weighted by Gasteiger charge is 2.27. The molecule has 8 heteroatoms. The Kier molecular flexibility index (Phi) is 9.08. The maximum absolute atomic E-state index is 11.9. The van der Waals surface area contributed by atoms with Gasteiger partial charge < -0.3 is 5.32 Å². The van der Waals surface area contributed by atoms with Crippen molar-refractivity contribution in [2.75, 3.05) is 12.8 Å². The van der Waals surface area contributed by atoms with E-state index in [0.717, 1.165) is 31.9 Å². The minimum Gasteiger partial charge on any atom is -0.337 e. The lowest BCUT2D eigenvalue weighted by Crippen LogP contribution is -2.51. The first kappa shape index (κ1) is 20.7. The summed E-state index contributed by atoms with van der Waals surface area (Å²) in [6.07, 6.45) is 5.08. The average molecular weight is 335 g/mol.